The Bertz CT molecular complexity index is 734. The van der Waals surface area contributed by atoms with Gasteiger partial charge in [0.05, 0.1) is 12.6 Å². The Kier molecular flexibility index (Phi) is 6.01. The van der Waals surface area contributed by atoms with Crippen molar-refractivity contribution in [2.24, 2.45) is 4.99 Å². The molecule has 0 saturated carbocycles. The number of benzene rings is 1. The van der Waals surface area contributed by atoms with Crippen LogP contribution in [-0.2, 0) is 6.54 Å². The number of aromatic nitrogens is 1. The van der Waals surface area contributed by atoms with E-state index >= 15 is 0 Å². The lowest BCUT2D eigenvalue weighted by atomic mass is 10.3. The van der Waals surface area contributed by atoms with E-state index in [9.17, 15) is 9.50 Å². The second-order valence-corrected chi connectivity index (χ2v) is 6.12. The van der Waals surface area contributed by atoms with E-state index in [1.165, 1.54) is 12.1 Å². The van der Waals surface area contributed by atoms with Crippen LogP contribution in [0.15, 0.2) is 47.6 Å². The van der Waals surface area contributed by atoms with Gasteiger partial charge in [-0.3, -0.25) is 0 Å². The van der Waals surface area contributed by atoms with Crippen LogP contribution in [-0.4, -0.2) is 46.7 Å². The van der Waals surface area contributed by atoms with Gasteiger partial charge in [0.25, 0.3) is 0 Å². The molecule has 0 radical (unpaired) electrons. The summed E-state index contributed by atoms with van der Waals surface area (Å²) in [6, 6.07) is 9.47. The van der Waals surface area contributed by atoms with Gasteiger partial charge in [0.15, 0.2) is 5.96 Å². The minimum atomic E-state index is -0.305. The summed E-state index contributed by atoms with van der Waals surface area (Å²) in [5.74, 6) is 1.47. The lowest BCUT2D eigenvalue weighted by Crippen LogP contribution is -2.40. The van der Waals surface area contributed by atoms with Crippen LogP contribution in [0.2, 0.25) is 0 Å². The predicted octanol–water partition coefficient (Wildman–Crippen LogP) is 2.55. The molecule has 0 spiro atoms. The molecule has 138 valence electrons. The summed E-state index contributed by atoms with van der Waals surface area (Å²) < 4.78 is 18.5. The van der Waals surface area contributed by atoms with Crippen LogP contribution in [0.4, 0.5) is 4.39 Å². The Morgan fingerprint density at radius 3 is 2.77 bits per heavy atom. The minimum absolute atomic E-state index is 0.289. The molecule has 1 aromatic carbocycles. The molecule has 1 aliphatic heterocycles. The molecule has 2 N–H and O–H groups in total. The molecule has 0 unspecified atom stereocenters. The zero-order valence-corrected chi connectivity index (χ0v) is 14.7. The molecular formula is C19H23FN4O2. The topological polar surface area (TPSA) is 70.0 Å². The second kappa shape index (κ2) is 8.62. The number of guanidine groups is 1. The van der Waals surface area contributed by atoms with Gasteiger partial charge < -0.3 is 20.1 Å². The number of hydrogen-bond donors (Lipinski definition) is 2. The summed E-state index contributed by atoms with van der Waals surface area (Å²) in [5.41, 5.74) is 0.951. The lowest BCUT2D eigenvalue weighted by Gasteiger charge is -2.20. The number of aliphatic hydroxyl groups is 1. The molecule has 1 aromatic heterocycles. The average molecular weight is 358 g/mol. The molecule has 1 atom stereocenters. The number of nitrogens with zero attached hydrogens (tertiary/aromatic N) is 3. The van der Waals surface area contributed by atoms with Gasteiger partial charge in [0.2, 0.25) is 5.88 Å². The summed E-state index contributed by atoms with van der Waals surface area (Å²) in [6.45, 7) is 4.68. The van der Waals surface area contributed by atoms with Crippen molar-refractivity contribution in [3.8, 4) is 11.6 Å². The van der Waals surface area contributed by atoms with Gasteiger partial charge in [-0.2, -0.15) is 0 Å². The molecule has 2 heterocycles. The lowest BCUT2D eigenvalue weighted by molar-refractivity contribution is 0.188. The Morgan fingerprint density at radius 1 is 1.35 bits per heavy atom. The standard InChI is InChI=1S/C19H23FN4O2/c1-2-21-19(24-10-9-16(25)13-24)23-12-14-3-8-18(22-11-14)26-17-6-4-15(20)5-7-17/h3-8,11,16,25H,2,9-10,12-13H2,1H3,(H,21,23)/t16-/m1/s1. The Morgan fingerprint density at radius 2 is 2.15 bits per heavy atom. The number of likely N-dealkylation sites (tertiary alicyclic amines) is 1. The maximum absolute atomic E-state index is 12.9. The molecule has 3 rings (SSSR count). The molecule has 6 nitrogen and oxygen atoms in total. The van der Waals surface area contributed by atoms with Crippen molar-refractivity contribution in [1.82, 2.24) is 15.2 Å². The summed E-state index contributed by atoms with van der Waals surface area (Å²) in [6.07, 6.45) is 2.19. The number of halogens is 1. The Labute approximate surface area is 152 Å². The zero-order valence-electron chi connectivity index (χ0n) is 14.7. The molecule has 1 saturated heterocycles. The maximum atomic E-state index is 12.9. The first-order valence-electron chi connectivity index (χ1n) is 8.73. The van der Waals surface area contributed by atoms with Crippen molar-refractivity contribution in [3.63, 3.8) is 0 Å². The Balaban J connectivity index is 1.61. The summed E-state index contributed by atoms with van der Waals surface area (Å²) >= 11 is 0. The van der Waals surface area contributed by atoms with Gasteiger partial charge in [-0.1, -0.05) is 6.07 Å². The molecular weight excluding hydrogens is 335 g/mol. The van der Waals surface area contributed by atoms with E-state index in [1.807, 2.05) is 13.0 Å². The quantitative estimate of drug-likeness (QED) is 0.635. The van der Waals surface area contributed by atoms with Gasteiger partial charge >= 0.3 is 0 Å². The van der Waals surface area contributed by atoms with Gasteiger partial charge in [-0.25, -0.2) is 14.4 Å². The molecule has 26 heavy (non-hydrogen) atoms. The molecule has 7 heteroatoms. The van der Waals surface area contributed by atoms with Crippen LogP contribution in [0.5, 0.6) is 11.6 Å². The highest BCUT2D eigenvalue weighted by Gasteiger charge is 2.22. The van der Waals surface area contributed by atoms with Gasteiger partial charge in [-0.05, 0) is 43.2 Å². The van der Waals surface area contributed by atoms with Crippen LogP contribution in [0.3, 0.4) is 0 Å². The third kappa shape index (κ3) is 4.92. The first kappa shape index (κ1) is 18.1. The summed E-state index contributed by atoms with van der Waals surface area (Å²) in [4.78, 5) is 11.0. The monoisotopic (exact) mass is 358 g/mol. The summed E-state index contributed by atoms with van der Waals surface area (Å²) in [7, 11) is 0. The number of ether oxygens (including phenoxy) is 1. The van der Waals surface area contributed by atoms with Gasteiger partial charge in [-0.15, -0.1) is 0 Å². The molecule has 0 aliphatic carbocycles. The highest BCUT2D eigenvalue weighted by molar-refractivity contribution is 5.80. The number of aliphatic hydroxyl groups excluding tert-OH is 1. The fourth-order valence-electron chi connectivity index (χ4n) is 2.71. The number of hydrogen-bond acceptors (Lipinski definition) is 4. The molecule has 0 amide bonds. The van der Waals surface area contributed by atoms with Gasteiger partial charge in [0.1, 0.15) is 11.6 Å². The molecule has 2 aromatic rings. The van der Waals surface area contributed by atoms with Crippen LogP contribution < -0.4 is 10.1 Å². The normalized spacial score (nSPS) is 17.4. The molecule has 1 aliphatic rings. The van der Waals surface area contributed by atoms with Crippen molar-refractivity contribution in [2.45, 2.75) is 26.0 Å². The smallest absolute Gasteiger partial charge is 0.219 e. The number of nitrogens with one attached hydrogen (secondary N) is 1. The number of pyridine rings is 1. The van der Waals surface area contributed by atoms with E-state index in [-0.39, 0.29) is 11.9 Å². The summed E-state index contributed by atoms with van der Waals surface area (Å²) in [5, 5.41) is 13.0. The van der Waals surface area contributed by atoms with Gasteiger partial charge in [0, 0.05) is 31.9 Å². The first-order chi connectivity index (χ1) is 12.6. The number of β-amino-alcohol motifs (C(OH)–C–C–N with tert-alkyl or cyclic N) is 1. The average Bonchev–Trinajstić information content (AvgIpc) is 3.08. The Hall–Kier alpha value is -2.67. The molecule has 0 bridgehead atoms. The number of rotatable bonds is 5. The van der Waals surface area contributed by atoms with E-state index in [1.54, 1.807) is 24.4 Å². The van der Waals surface area contributed by atoms with E-state index in [0.717, 1.165) is 31.0 Å². The number of aliphatic imine (C=N–C) groups is 1. The van der Waals surface area contributed by atoms with Crippen LogP contribution in [0.25, 0.3) is 0 Å². The van der Waals surface area contributed by atoms with E-state index < -0.39 is 0 Å². The van der Waals surface area contributed by atoms with E-state index in [2.05, 4.69) is 20.2 Å². The van der Waals surface area contributed by atoms with Crippen molar-refractivity contribution >= 4 is 5.96 Å². The highest BCUT2D eigenvalue weighted by Crippen LogP contribution is 2.19. The maximum Gasteiger partial charge on any atom is 0.219 e. The van der Waals surface area contributed by atoms with E-state index in [4.69, 9.17) is 4.74 Å². The third-order valence-electron chi connectivity index (χ3n) is 4.04. The van der Waals surface area contributed by atoms with Crippen LogP contribution >= 0.6 is 0 Å². The SMILES string of the molecule is CCNC(=NCc1ccc(Oc2ccc(F)cc2)nc1)N1CC[C@@H](O)C1. The minimum Gasteiger partial charge on any atom is -0.439 e. The third-order valence-corrected chi connectivity index (χ3v) is 4.04. The fourth-order valence-corrected chi connectivity index (χ4v) is 2.71. The van der Waals surface area contributed by atoms with Crippen molar-refractivity contribution in [1.29, 1.82) is 0 Å². The molecule has 1 fully saturated rings. The predicted molar refractivity (Wildman–Crippen MR) is 97.7 cm³/mol. The largest absolute Gasteiger partial charge is 0.439 e. The zero-order chi connectivity index (χ0) is 18.4. The van der Waals surface area contributed by atoms with Crippen LogP contribution in [0, 0.1) is 5.82 Å². The van der Waals surface area contributed by atoms with Crippen molar-refractivity contribution < 1.29 is 14.2 Å². The first-order valence-corrected chi connectivity index (χ1v) is 8.73. The highest BCUT2D eigenvalue weighted by atomic mass is 19.1. The van der Waals surface area contributed by atoms with Crippen LogP contribution in [0.1, 0.15) is 18.9 Å². The van der Waals surface area contributed by atoms with Crippen molar-refractivity contribution in [2.75, 3.05) is 19.6 Å². The fraction of sp³-hybridized carbons (Fsp3) is 0.368. The van der Waals surface area contributed by atoms with E-state index in [0.29, 0.717) is 24.7 Å². The second-order valence-electron chi connectivity index (χ2n) is 6.12. The van der Waals surface area contributed by atoms with Crippen molar-refractivity contribution in [3.05, 3.63) is 54.0 Å².